The summed E-state index contributed by atoms with van der Waals surface area (Å²) >= 11 is 0. The molecule has 45 heavy (non-hydrogen) atoms. The number of hydroxylamine groups is 2. The first-order valence-corrected chi connectivity index (χ1v) is 15.3. The first-order chi connectivity index (χ1) is 21.8. The second-order valence-electron chi connectivity index (χ2n) is 12.3. The largest absolute Gasteiger partial charge is 0.528 e. The lowest BCUT2D eigenvalue weighted by Crippen LogP contribution is -2.45. The van der Waals surface area contributed by atoms with Crippen molar-refractivity contribution in [1.82, 2.24) is 10.2 Å². The van der Waals surface area contributed by atoms with Gasteiger partial charge < -0.3 is 23.6 Å². The second-order valence-corrected chi connectivity index (χ2v) is 12.3. The SMILES string of the molecule is CC(C)(C)OC(=O)ON1CCC(c2ccc(OCc3cc(-c4ccccc4)no3)cc2)C(OCc2ccc3ccccc3c2)C1. The van der Waals surface area contributed by atoms with Gasteiger partial charge in [-0.05, 0) is 67.3 Å². The zero-order chi connectivity index (χ0) is 31.2. The Morgan fingerprint density at radius 1 is 0.889 bits per heavy atom. The molecule has 2 unspecified atom stereocenters. The average Bonchev–Trinajstić information content (AvgIpc) is 3.52. The summed E-state index contributed by atoms with van der Waals surface area (Å²) in [6.45, 7) is 7.15. The minimum Gasteiger partial charge on any atom is -0.486 e. The van der Waals surface area contributed by atoms with Crippen LogP contribution in [-0.2, 0) is 27.5 Å². The zero-order valence-corrected chi connectivity index (χ0v) is 25.8. The van der Waals surface area contributed by atoms with E-state index in [0.29, 0.717) is 25.5 Å². The molecular weight excluding hydrogens is 568 g/mol. The lowest BCUT2D eigenvalue weighted by atomic mass is 9.87. The molecule has 0 aliphatic carbocycles. The summed E-state index contributed by atoms with van der Waals surface area (Å²) in [5.74, 6) is 1.48. The molecule has 0 spiro atoms. The van der Waals surface area contributed by atoms with Gasteiger partial charge in [0.15, 0.2) is 5.76 Å². The van der Waals surface area contributed by atoms with Gasteiger partial charge in [-0.2, -0.15) is 0 Å². The van der Waals surface area contributed by atoms with Crippen LogP contribution in [0.25, 0.3) is 22.0 Å². The quantitative estimate of drug-likeness (QED) is 0.155. The molecule has 8 heteroatoms. The van der Waals surface area contributed by atoms with E-state index in [4.69, 9.17) is 23.6 Å². The number of carbonyl (C=O) groups is 1. The molecule has 1 aliphatic rings. The first kappa shape index (κ1) is 30.4. The van der Waals surface area contributed by atoms with E-state index in [1.807, 2.05) is 81.4 Å². The van der Waals surface area contributed by atoms with E-state index in [2.05, 4.69) is 47.6 Å². The van der Waals surface area contributed by atoms with Gasteiger partial charge in [-0.3, -0.25) is 0 Å². The highest BCUT2D eigenvalue weighted by molar-refractivity contribution is 5.82. The van der Waals surface area contributed by atoms with Crippen molar-refractivity contribution in [3.63, 3.8) is 0 Å². The summed E-state index contributed by atoms with van der Waals surface area (Å²) in [7, 11) is 0. The molecule has 2 heterocycles. The van der Waals surface area contributed by atoms with Gasteiger partial charge in [-0.1, -0.05) is 84.0 Å². The van der Waals surface area contributed by atoms with Crippen LogP contribution >= 0.6 is 0 Å². The average molecular weight is 607 g/mol. The molecule has 0 saturated carbocycles. The van der Waals surface area contributed by atoms with Crippen molar-refractivity contribution in [2.24, 2.45) is 0 Å². The number of fused-ring (bicyclic) bond motifs is 1. The van der Waals surface area contributed by atoms with Gasteiger partial charge in [0.2, 0.25) is 0 Å². The Kier molecular flexibility index (Phi) is 9.14. The van der Waals surface area contributed by atoms with E-state index < -0.39 is 11.8 Å². The highest BCUT2D eigenvalue weighted by Gasteiger charge is 2.34. The molecule has 0 bridgehead atoms. The van der Waals surface area contributed by atoms with Gasteiger partial charge >= 0.3 is 6.16 Å². The topological polar surface area (TPSA) is 83.3 Å². The molecule has 232 valence electrons. The van der Waals surface area contributed by atoms with E-state index in [1.165, 1.54) is 10.8 Å². The number of benzene rings is 4. The van der Waals surface area contributed by atoms with Crippen molar-refractivity contribution in [2.75, 3.05) is 13.1 Å². The maximum Gasteiger partial charge on any atom is 0.528 e. The Morgan fingerprint density at radius 3 is 2.42 bits per heavy atom. The molecule has 6 rings (SSSR count). The molecular formula is C37H38N2O6. The normalized spacial score (nSPS) is 17.2. The monoisotopic (exact) mass is 606 g/mol. The van der Waals surface area contributed by atoms with E-state index in [0.717, 1.165) is 34.6 Å². The fourth-order valence-corrected chi connectivity index (χ4v) is 5.52. The number of ether oxygens (including phenoxy) is 3. The van der Waals surface area contributed by atoms with Crippen LogP contribution in [-0.4, -0.2) is 41.2 Å². The van der Waals surface area contributed by atoms with Gasteiger partial charge in [0.05, 0.1) is 19.3 Å². The number of carbonyl (C=O) groups excluding carboxylic acids is 1. The minimum atomic E-state index is -0.710. The van der Waals surface area contributed by atoms with Crippen LogP contribution in [0.1, 0.15) is 50.0 Å². The summed E-state index contributed by atoms with van der Waals surface area (Å²) in [6.07, 6.45) is -0.186. The van der Waals surface area contributed by atoms with Crippen molar-refractivity contribution in [3.8, 4) is 17.0 Å². The number of nitrogens with zero attached hydrogens (tertiary/aromatic N) is 2. The van der Waals surface area contributed by atoms with Gasteiger partial charge in [-0.25, -0.2) is 4.79 Å². The molecule has 2 atom stereocenters. The molecule has 5 aromatic rings. The van der Waals surface area contributed by atoms with Gasteiger partial charge in [0, 0.05) is 24.1 Å². The lowest BCUT2D eigenvalue weighted by Gasteiger charge is -2.37. The minimum absolute atomic E-state index is 0.0979. The third-order valence-corrected chi connectivity index (χ3v) is 7.71. The molecule has 1 fully saturated rings. The third kappa shape index (κ3) is 8.09. The molecule has 1 aromatic heterocycles. The van der Waals surface area contributed by atoms with E-state index in [-0.39, 0.29) is 18.6 Å². The highest BCUT2D eigenvalue weighted by Crippen LogP contribution is 2.33. The Morgan fingerprint density at radius 2 is 1.64 bits per heavy atom. The van der Waals surface area contributed by atoms with Crippen LogP contribution in [0.4, 0.5) is 4.79 Å². The Labute approximate surface area is 263 Å². The van der Waals surface area contributed by atoms with Crippen LogP contribution in [0, 0.1) is 0 Å². The summed E-state index contributed by atoms with van der Waals surface area (Å²) in [4.78, 5) is 18.0. The van der Waals surface area contributed by atoms with Crippen LogP contribution in [0.5, 0.6) is 5.75 Å². The summed E-state index contributed by atoms with van der Waals surface area (Å²) in [6, 6.07) is 34.5. The Bertz CT molecular complexity index is 1710. The molecule has 4 aromatic carbocycles. The highest BCUT2D eigenvalue weighted by atomic mass is 16.8. The molecule has 0 radical (unpaired) electrons. The molecule has 0 amide bonds. The third-order valence-electron chi connectivity index (χ3n) is 7.71. The Hall–Kier alpha value is -4.66. The first-order valence-electron chi connectivity index (χ1n) is 15.3. The van der Waals surface area contributed by atoms with E-state index in [1.54, 1.807) is 5.06 Å². The number of hydrogen-bond donors (Lipinski definition) is 0. The van der Waals surface area contributed by atoms with Gasteiger partial charge in [-0.15, -0.1) is 5.06 Å². The van der Waals surface area contributed by atoms with Crippen LogP contribution < -0.4 is 4.74 Å². The van der Waals surface area contributed by atoms with Gasteiger partial charge in [0.1, 0.15) is 23.7 Å². The molecule has 1 saturated heterocycles. The number of piperidine rings is 1. The smallest absolute Gasteiger partial charge is 0.486 e. The fraction of sp³-hybridized carbons (Fsp3) is 0.297. The predicted octanol–water partition coefficient (Wildman–Crippen LogP) is 8.32. The Balaban J connectivity index is 1.12. The van der Waals surface area contributed by atoms with E-state index in [9.17, 15) is 4.79 Å². The second kappa shape index (κ2) is 13.5. The van der Waals surface area contributed by atoms with E-state index >= 15 is 0 Å². The zero-order valence-electron chi connectivity index (χ0n) is 25.8. The van der Waals surface area contributed by atoms with Crippen molar-refractivity contribution in [3.05, 3.63) is 120 Å². The maximum atomic E-state index is 12.4. The summed E-state index contributed by atoms with van der Waals surface area (Å²) in [5.41, 5.74) is 3.36. The molecule has 0 N–H and O–H groups in total. The summed E-state index contributed by atoms with van der Waals surface area (Å²) < 4.78 is 23.4. The van der Waals surface area contributed by atoms with Gasteiger partial charge in [0.25, 0.3) is 0 Å². The van der Waals surface area contributed by atoms with Crippen LogP contribution in [0.2, 0.25) is 0 Å². The predicted molar refractivity (Wildman–Crippen MR) is 171 cm³/mol. The van der Waals surface area contributed by atoms with Crippen LogP contribution in [0.15, 0.2) is 108 Å². The fourth-order valence-electron chi connectivity index (χ4n) is 5.52. The van der Waals surface area contributed by atoms with Crippen molar-refractivity contribution in [1.29, 1.82) is 0 Å². The maximum absolute atomic E-state index is 12.4. The van der Waals surface area contributed by atoms with Crippen molar-refractivity contribution < 1.29 is 28.4 Å². The number of hydrogen-bond acceptors (Lipinski definition) is 8. The standard InChI is InChI=1S/C37H38N2O6/c1-37(2,3)43-36(40)45-39-20-19-33(35(23-39)42-24-26-13-14-27-9-7-8-12-30(27)21-26)28-15-17-31(18-16-28)41-25-32-22-34(38-44-32)29-10-5-4-6-11-29/h4-18,21-22,33,35H,19-20,23-25H2,1-3H3. The molecule has 1 aliphatic heterocycles. The summed E-state index contributed by atoms with van der Waals surface area (Å²) in [5, 5.41) is 8.18. The molecule has 8 nitrogen and oxygen atoms in total. The van der Waals surface area contributed by atoms with Crippen LogP contribution in [0.3, 0.4) is 0 Å². The van der Waals surface area contributed by atoms with Crippen molar-refractivity contribution >= 4 is 16.9 Å². The van der Waals surface area contributed by atoms with Crippen molar-refractivity contribution in [2.45, 2.75) is 58.0 Å². The number of aromatic nitrogens is 1. The lowest BCUT2D eigenvalue weighted by molar-refractivity contribution is -0.179. The number of rotatable bonds is 9.